The summed E-state index contributed by atoms with van der Waals surface area (Å²) in [5.74, 6) is 0.196. The fourth-order valence-corrected chi connectivity index (χ4v) is 3.09. The molecule has 0 aromatic carbocycles. The number of unbranched alkanes of at least 4 members (excludes halogenated alkanes) is 4. The molecule has 0 aromatic rings. The largest absolute Gasteiger partial charge is 0.300 e. The standard InChI is InChI=1S/C15H22O.C15H24.C14H21N/c1-3-4-5-6-7-8-9-10-11-12-13-14-15(2)16;1-3-5-7-9-11-13-15-14-12-10-8-6-4-2;1-3-4-5-6-7-8-9-10-11-12-13-14-15-2/h5-6,8-13H,3-4,7,14H2,1-2H3;7-11,13-15H,3-6,12H2,1-2H3;5-6,8-14H,3-4,7H2,1-2H3/b6-5+,9-8+,11-10+,13-12+;9-7+,10-8+,13-11+,15-14+;6-5+,9-8+,11-10+,13-12+,15-14?. The van der Waals surface area contributed by atoms with Crippen LogP contribution in [0.3, 0.4) is 0 Å². The van der Waals surface area contributed by atoms with E-state index in [-0.39, 0.29) is 5.78 Å². The second kappa shape index (κ2) is 48.1. The van der Waals surface area contributed by atoms with Gasteiger partial charge in [0.2, 0.25) is 0 Å². The molecule has 0 aliphatic carbocycles. The van der Waals surface area contributed by atoms with Crippen molar-refractivity contribution in [3.05, 3.63) is 146 Å². The van der Waals surface area contributed by atoms with Crippen molar-refractivity contribution in [2.45, 2.75) is 112 Å². The molecule has 0 saturated heterocycles. The molecule has 46 heavy (non-hydrogen) atoms. The zero-order chi connectivity index (χ0) is 34.4. The molecule has 0 unspecified atom stereocenters. The Kier molecular flexibility index (Phi) is 48.8. The van der Waals surface area contributed by atoms with Gasteiger partial charge in [-0.25, -0.2) is 0 Å². The molecule has 0 heterocycles. The van der Waals surface area contributed by atoms with Crippen molar-refractivity contribution in [2.24, 2.45) is 4.99 Å². The Morgan fingerprint density at radius 1 is 0.413 bits per heavy atom. The number of rotatable bonds is 23. The van der Waals surface area contributed by atoms with Crippen LogP contribution in [0.5, 0.6) is 0 Å². The first-order valence-corrected chi connectivity index (χ1v) is 17.4. The van der Waals surface area contributed by atoms with Gasteiger partial charge in [-0.2, -0.15) is 0 Å². The van der Waals surface area contributed by atoms with Crippen molar-refractivity contribution in [1.29, 1.82) is 0 Å². The molecule has 0 fully saturated rings. The third-order valence-electron chi connectivity index (χ3n) is 5.57. The van der Waals surface area contributed by atoms with Gasteiger partial charge in [-0.15, -0.1) is 0 Å². The fraction of sp³-hybridized carbons (Fsp3) is 0.409. The number of Topliss-reactive ketones (excluding diaryl/α,β-unsaturated/α-hetero) is 1. The predicted molar refractivity (Wildman–Crippen MR) is 213 cm³/mol. The number of aliphatic imine (C=N–C) groups is 1. The lowest BCUT2D eigenvalue weighted by Crippen LogP contribution is -1.82. The molecule has 2 nitrogen and oxygen atoms in total. The van der Waals surface area contributed by atoms with E-state index in [4.69, 9.17) is 0 Å². The number of hydrogen-bond acceptors (Lipinski definition) is 2. The highest BCUT2D eigenvalue weighted by Gasteiger charge is 1.82. The van der Waals surface area contributed by atoms with E-state index in [0.29, 0.717) is 6.42 Å². The maximum Gasteiger partial charge on any atom is 0.133 e. The smallest absolute Gasteiger partial charge is 0.133 e. The molecule has 254 valence electrons. The van der Waals surface area contributed by atoms with E-state index in [1.54, 1.807) is 20.2 Å². The lowest BCUT2D eigenvalue weighted by atomic mass is 10.2. The lowest BCUT2D eigenvalue weighted by Gasteiger charge is -1.83. The average molecular weight is 626 g/mol. The van der Waals surface area contributed by atoms with E-state index < -0.39 is 0 Å². The van der Waals surface area contributed by atoms with E-state index in [9.17, 15) is 4.79 Å². The normalized spacial score (nSPS) is 13.0. The Balaban J connectivity index is -0.000000603. The molecule has 0 N–H and O–H groups in total. The van der Waals surface area contributed by atoms with Crippen LogP contribution in [0.25, 0.3) is 0 Å². The number of nitrogens with zero attached hydrogens (tertiary/aromatic N) is 1. The lowest BCUT2D eigenvalue weighted by molar-refractivity contribution is -0.116. The van der Waals surface area contributed by atoms with Crippen molar-refractivity contribution >= 4 is 12.0 Å². The van der Waals surface area contributed by atoms with Crippen LogP contribution in [0.1, 0.15) is 112 Å². The van der Waals surface area contributed by atoms with Gasteiger partial charge < -0.3 is 0 Å². The van der Waals surface area contributed by atoms with E-state index >= 15 is 0 Å². The Hall–Kier alpha value is -3.78. The molecule has 0 atom stereocenters. The Labute approximate surface area is 285 Å². The van der Waals surface area contributed by atoms with Gasteiger partial charge >= 0.3 is 0 Å². The van der Waals surface area contributed by atoms with Crippen LogP contribution >= 0.6 is 0 Å². The molecule has 0 aliphatic rings. The summed E-state index contributed by atoms with van der Waals surface area (Å²) in [6.07, 6.45) is 64.9. The number of carbonyl (C=O) groups is 1. The third kappa shape index (κ3) is 56.1. The van der Waals surface area contributed by atoms with Gasteiger partial charge in [-0.3, -0.25) is 9.79 Å². The molecular weight excluding hydrogens is 558 g/mol. The highest BCUT2D eigenvalue weighted by atomic mass is 16.1. The Bertz CT molecular complexity index is 1020. The summed E-state index contributed by atoms with van der Waals surface area (Å²) in [5.41, 5.74) is 0. The Morgan fingerprint density at radius 2 is 0.739 bits per heavy atom. The van der Waals surface area contributed by atoms with Crippen molar-refractivity contribution in [1.82, 2.24) is 0 Å². The summed E-state index contributed by atoms with van der Waals surface area (Å²) in [6, 6.07) is 0. The molecule has 0 spiro atoms. The SMILES string of the molecule is CCC/C=C/C/C=C/C=C/C=C/C=NC.CCC/C=C/C/C=C/C=C/C=C/CC(C)=O.CCC/C=C/C=C/C=C/C/C=C/CCC. The van der Waals surface area contributed by atoms with Crippen molar-refractivity contribution in [3.8, 4) is 0 Å². The molecule has 0 aliphatic heterocycles. The highest BCUT2D eigenvalue weighted by Crippen LogP contribution is 1.95. The van der Waals surface area contributed by atoms with Gasteiger partial charge in [-0.05, 0) is 57.9 Å². The van der Waals surface area contributed by atoms with Crippen LogP contribution in [0.15, 0.2) is 151 Å². The van der Waals surface area contributed by atoms with Gasteiger partial charge in [0, 0.05) is 19.7 Å². The summed E-state index contributed by atoms with van der Waals surface area (Å²) < 4.78 is 0. The summed E-state index contributed by atoms with van der Waals surface area (Å²) in [4.78, 5) is 14.4. The minimum Gasteiger partial charge on any atom is -0.300 e. The minimum absolute atomic E-state index is 0.196. The fourth-order valence-electron chi connectivity index (χ4n) is 3.09. The van der Waals surface area contributed by atoms with Gasteiger partial charge in [-0.1, -0.05) is 193 Å². The monoisotopic (exact) mass is 626 g/mol. The van der Waals surface area contributed by atoms with E-state index in [1.807, 2.05) is 54.7 Å². The van der Waals surface area contributed by atoms with Crippen LogP contribution in [-0.2, 0) is 4.79 Å². The predicted octanol–water partition coefficient (Wildman–Crippen LogP) is 13.7. The van der Waals surface area contributed by atoms with E-state index in [2.05, 4.69) is 124 Å². The average Bonchev–Trinajstić information content (AvgIpc) is 3.05. The van der Waals surface area contributed by atoms with Gasteiger partial charge in [0.05, 0.1) is 0 Å². The number of carbonyl (C=O) groups excluding carboxylic acids is 1. The number of hydrogen-bond donors (Lipinski definition) is 0. The molecule has 0 bridgehead atoms. The van der Waals surface area contributed by atoms with E-state index in [1.165, 1.54) is 44.9 Å². The second-order valence-corrected chi connectivity index (χ2v) is 10.3. The molecule has 0 radical (unpaired) electrons. The van der Waals surface area contributed by atoms with Crippen molar-refractivity contribution in [3.63, 3.8) is 0 Å². The molecule has 0 aromatic heterocycles. The zero-order valence-electron chi connectivity index (χ0n) is 30.3. The summed E-state index contributed by atoms with van der Waals surface area (Å²) in [6.45, 7) is 10.4. The van der Waals surface area contributed by atoms with Crippen molar-refractivity contribution in [2.75, 3.05) is 7.05 Å². The summed E-state index contributed by atoms with van der Waals surface area (Å²) in [7, 11) is 1.76. The zero-order valence-corrected chi connectivity index (χ0v) is 30.3. The molecule has 0 saturated carbocycles. The molecule has 0 rings (SSSR count). The highest BCUT2D eigenvalue weighted by molar-refractivity contribution is 5.77. The van der Waals surface area contributed by atoms with Gasteiger partial charge in [0.25, 0.3) is 0 Å². The minimum atomic E-state index is 0.196. The molecule has 0 amide bonds. The number of allylic oxidation sites excluding steroid dienone is 24. The van der Waals surface area contributed by atoms with Crippen LogP contribution in [0.2, 0.25) is 0 Å². The van der Waals surface area contributed by atoms with E-state index in [0.717, 1.165) is 25.7 Å². The van der Waals surface area contributed by atoms with Crippen LogP contribution in [-0.4, -0.2) is 19.0 Å². The maximum absolute atomic E-state index is 10.6. The maximum atomic E-state index is 10.6. The van der Waals surface area contributed by atoms with Crippen molar-refractivity contribution < 1.29 is 4.79 Å². The number of ketones is 1. The second-order valence-electron chi connectivity index (χ2n) is 10.3. The summed E-state index contributed by atoms with van der Waals surface area (Å²) >= 11 is 0. The van der Waals surface area contributed by atoms with Crippen LogP contribution in [0.4, 0.5) is 0 Å². The molecular formula is C44H67NO. The third-order valence-corrected chi connectivity index (χ3v) is 5.57. The first-order chi connectivity index (χ1) is 22.6. The van der Waals surface area contributed by atoms with Crippen LogP contribution in [0, 0.1) is 0 Å². The summed E-state index contributed by atoms with van der Waals surface area (Å²) in [5, 5.41) is 0. The van der Waals surface area contributed by atoms with Gasteiger partial charge in [0.15, 0.2) is 0 Å². The van der Waals surface area contributed by atoms with Gasteiger partial charge in [0.1, 0.15) is 5.78 Å². The molecule has 2 heteroatoms. The first-order valence-electron chi connectivity index (χ1n) is 17.4. The quantitative estimate of drug-likeness (QED) is 0.0631. The Morgan fingerprint density at radius 3 is 1.11 bits per heavy atom. The topological polar surface area (TPSA) is 29.4 Å². The van der Waals surface area contributed by atoms with Crippen LogP contribution < -0.4 is 0 Å². The first kappa shape index (κ1) is 46.6.